The van der Waals surface area contributed by atoms with Crippen LogP contribution >= 0.6 is 11.6 Å². The number of rotatable bonds is 4. The number of carbonyl (C=O) groups excluding carboxylic acids is 1. The molecule has 0 aliphatic rings. The molecule has 21 heavy (non-hydrogen) atoms. The first kappa shape index (κ1) is 15.1. The molecule has 0 spiro atoms. The van der Waals surface area contributed by atoms with Crippen molar-refractivity contribution in [2.75, 3.05) is 17.7 Å². The van der Waals surface area contributed by atoms with E-state index in [0.29, 0.717) is 12.3 Å². The van der Waals surface area contributed by atoms with Gasteiger partial charge >= 0.3 is 0 Å². The molecule has 1 heterocycles. The number of ether oxygens (including phenoxy) is 1. The summed E-state index contributed by atoms with van der Waals surface area (Å²) in [4.78, 5) is 15.8. The Morgan fingerprint density at radius 3 is 2.81 bits per heavy atom. The van der Waals surface area contributed by atoms with Gasteiger partial charge < -0.3 is 15.8 Å². The molecular formula is C14H13ClFN3O2. The fraction of sp³-hybridized carbons (Fsp3) is 0.143. The zero-order chi connectivity index (χ0) is 15.4. The fourth-order valence-electron chi connectivity index (χ4n) is 1.70. The highest BCUT2D eigenvalue weighted by Crippen LogP contribution is 2.22. The minimum Gasteiger partial charge on any atom is -0.491 e. The van der Waals surface area contributed by atoms with Crippen LogP contribution in [0.1, 0.15) is 17.3 Å². The first-order chi connectivity index (χ1) is 9.99. The lowest BCUT2D eigenvalue weighted by atomic mass is 10.2. The first-order valence-corrected chi connectivity index (χ1v) is 6.54. The number of benzene rings is 1. The average Bonchev–Trinajstić information content (AvgIpc) is 2.41. The van der Waals surface area contributed by atoms with E-state index in [0.717, 1.165) is 0 Å². The number of nitrogens with one attached hydrogen (secondary N) is 1. The van der Waals surface area contributed by atoms with Gasteiger partial charge in [0.2, 0.25) is 0 Å². The van der Waals surface area contributed by atoms with Gasteiger partial charge in [-0.15, -0.1) is 0 Å². The van der Waals surface area contributed by atoms with Crippen molar-refractivity contribution in [1.29, 1.82) is 0 Å². The van der Waals surface area contributed by atoms with E-state index in [-0.39, 0.29) is 22.3 Å². The molecule has 110 valence electrons. The third kappa shape index (κ3) is 3.82. The molecule has 0 radical (unpaired) electrons. The predicted octanol–water partition coefficient (Wildman–Crippen LogP) is 3.11. The molecule has 1 aromatic carbocycles. The molecule has 5 nitrogen and oxygen atoms in total. The summed E-state index contributed by atoms with van der Waals surface area (Å²) < 4.78 is 18.8. The average molecular weight is 310 g/mol. The molecule has 1 amide bonds. The van der Waals surface area contributed by atoms with E-state index in [1.165, 1.54) is 30.3 Å². The molecule has 1 aromatic heterocycles. The molecule has 3 N–H and O–H groups in total. The molecule has 2 rings (SSSR count). The smallest absolute Gasteiger partial charge is 0.255 e. The molecular weight excluding hydrogens is 297 g/mol. The van der Waals surface area contributed by atoms with E-state index in [4.69, 9.17) is 22.1 Å². The van der Waals surface area contributed by atoms with E-state index in [1.54, 1.807) is 6.92 Å². The van der Waals surface area contributed by atoms with Crippen molar-refractivity contribution < 1.29 is 13.9 Å². The van der Waals surface area contributed by atoms with E-state index in [9.17, 15) is 9.18 Å². The lowest BCUT2D eigenvalue weighted by molar-refractivity contribution is 0.102. The van der Waals surface area contributed by atoms with Crippen LogP contribution in [0.3, 0.4) is 0 Å². The second-order valence-corrected chi connectivity index (χ2v) is 4.52. The Bertz CT molecular complexity index is 659. The lowest BCUT2D eigenvalue weighted by Crippen LogP contribution is -2.13. The largest absolute Gasteiger partial charge is 0.491 e. The number of nitrogens with zero attached hydrogens (tertiary/aromatic N) is 1. The van der Waals surface area contributed by atoms with Crippen LogP contribution in [-0.2, 0) is 0 Å². The Labute approximate surface area is 125 Å². The highest BCUT2D eigenvalue weighted by Gasteiger charge is 2.11. The van der Waals surface area contributed by atoms with E-state index in [1.807, 2.05) is 0 Å². The summed E-state index contributed by atoms with van der Waals surface area (Å²) in [5.41, 5.74) is 6.05. The van der Waals surface area contributed by atoms with Crippen molar-refractivity contribution in [1.82, 2.24) is 4.98 Å². The second kappa shape index (κ2) is 6.41. The first-order valence-electron chi connectivity index (χ1n) is 6.16. The van der Waals surface area contributed by atoms with Gasteiger partial charge in [-0.25, -0.2) is 9.37 Å². The maximum Gasteiger partial charge on any atom is 0.255 e. The van der Waals surface area contributed by atoms with Crippen LogP contribution < -0.4 is 15.8 Å². The van der Waals surface area contributed by atoms with E-state index in [2.05, 4.69) is 10.3 Å². The number of aromatic nitrogens is 1. The summed E-state index contributed by atoms with van der Waals surface area (Å²) >= 11 is 5.73. The molecule has 0 bridgehead atoms. The van der Waals surface area contributed by atoms with Crippen molar-refractivity contribution in [2.45, 2.75) is 6.92 Å². The Morgan fingerprint density at radius 1 is 1.43 bits per heavy atom. The number of hydrogen-bond acceptors (Lipinski definition) is 4. The Morgan fingerprint density at radius 2 is 2.19 bits per heavy atom. The maximum absolute atomic E-state index is 13.7. The monoisotopic (exact) mass is 309 g/mol. The summed E-state index contributed by atoms with van der Waals surface area (Å²) in [6.07, 6.45) is 0. The molecule has 7 heteroatoms. The number of nitrogens with two attached hydrogens (primary N) is 1. The van der Waals surface area contributed by atoms with Crippen LogP contribution in [0.4, 0.5) is 15.9 Å². The van der Waals surface area contributed by atoms with Gasteiger partial charge in [0.15, 0.2) is 11.6 Å². The zero-order valence-corrected chi connectivity index (χ0v) is 11.9. The van der Waals surface area contributed by atoms with Gasteiger partial charge in [-0.2, -0.15) is 0 Å². The van der Waals surface area contributed by atoms with Crippen molar-refractivity contribution in [2.24, 2.45) is 0 Å². The lowest BCUT2D eigenvalue weighted by Gasteiger charge is -2.09. The standard InChI is InChI=1S/C14H13ClFN3O2/c1-2-21-11-4-3-9(7-10(11)16)18-14(20)8-5-12(15)19-13(17)6-8/h3-7H,2H2,1H3,(H2,17,19)(H,18,20). The molecule has 0 aliphatic heterocycles. The normalized spacial score (nSPS) is 10.2. The number of anilines is 2. The minimum absolute atomic E-state index is 0.109. The van der Waals surface area contributed by atoms with Gasteiger partial charge in [-0.3, -0.25) is 4.79 Å². The van der Waals surface area contributed by atoms with Crippen molar-refractivity contribution >= 4 is 29.0 Å². The van der Waals surface area contributed by atoms with Crippen LogP contribution in [0, 0.1) is 5.82 Å². The van der Waals surface area contributed by atoms with Gasteiger partial charge in [-0.1, -0.05) is 11.6 Å². The highest BCUT2D eigenvalue weighted by atomic mass is 35.5. The van der Waals surface area contributed by atoms with Crippen molar-refractivity contribution in [3.8, 4) is 5.75 Å². The van der Waals surface area contributed by atoms with Crippen LogP contribution in [0.15, 0.2) is 30.3 Å². The summed E-state index contributed by atoms with van der Waals surface area (Å²) in [6.45, 7) is 2.12. The Balaban J connectivity index is 2.17. The Kier molecular flexibility index (Phi) is 4.59. The number of amides is 1. The van der Waals surface area contributed by atoms with Crippen molar-refractivity contribution in [3.05, 3.63) is 46.9 Å². The zero-order valence-electron chi connectivity index (χ0n) is 11.2. The van der Waals surface area contributed by atoms with Crippen LogP contribution in [0.5, 0.6) is 5.75 Å². The molecule has 0 saturated carbocycles. The highest BCUT2D eigenvalue weighted by molar-refractivity contribution is 6.30. The fourth-order valence-corrected chi connectivity index (χ4v) is 1.92. The minimum atomic E-state index is -0.554. The number of hydrogen-bond donors (Lipinski definition) is 2. The topological polar surface area (TPSA) is 77.2 Å². The van der Waals surface area contributed by atoms with Gasteiger partial charge in [0.1, 0.15) is 11.0 Å². The molecule has 0 saturated heterocycles. The van der Waals surface area contributed by atoms with E-state index < -0.39 is 11.7 Å². The third-order valence-corrected chi connectivity index (χ3v) is 2.76. The third-order valence-electron chi connectivity index (χ3n) is 2.57. The molecule has 0 atom stereocenters. The summed E-state index contributed by atoms with van der Waals surface area (Å²) in [5, 5.41) is 2.66. The number of nitrogen functional groups attached to an aromatic ring is 1. The summed E-state index contributed by atoms with van der Waals surface area (Å²) in [5.74, 6) is -0.756. The second-order valence-electron chi connectivity index (χ2n) is 4.14. The quantitative estimate of drug-likeness (QED) is 0.851. The summed E-state index contributed by atoms with van der Waals surface area (Å²) in [7, 11) is 0. The Hall–Kier alpha value is -2.34. The maximum atomic E-state index is 13.7. The predicted molar refractivity (Wildman–Crippen MR) is 79.2 cm³/mol. The molecule has 2 aromatic rings. The summed E-state index contributed by atoms with van der Waals surface area (Å²) in [6, 6.07) is 6.92. The van der Waals surface area contributed by atoms with Crippen molar-refractivity contribution in [3.63, 3.8) is 0 Å². The number of pyridine rings is 1. The van der Waals surface area contributed by atoms with Gasteiger partial charge in [-0.05, 0) is 31.2 Å². The van der Waals surface area contributed by atoms with E-state index >= 15 is 0 Å². The van der Waals surface area contributed by atoms with Crippen LogP contribution in [0.2, 0.25) is 5.15 Å². The van der Waals surface area contributed by atoms with Gasteiger partial charge in [0, 0.05) is 17.3 Å². The van der Waals surface area contributed by atoms with Gasteiger partial charge in [0.25, 0.3) is 5.91 Å². The van der Waals surface area contributed by atoms with Crippen LogP contribution in [-0.4, -0.2) is 17.5 Å². The SMILES string of the molecule is CCOc1ccc(NC(=O)c2cc(N)nc(Cl)c2)cc1F. The molecule has 0 fully saturated rings. The number of carbonyl (C=O) groups is 1. The van der Waals surface area contributed by atoms with Gasteiger partial charge in [0.05, 0.1) is 6.61 Å². The molecule has 0 aliphatic carbocycles. The van der Waals surface area contributed by atoms with Crippen LogP contribution in [0.25, 0.3) is 0 Å². The number of halogens is 2. The molecule has 0 unspecified atom stereocenters.